The van der Waals surface area contributed by atoms with Crippen LogP contribution in [0.2, 0.25) is 0 Å². The lowest BCUT2D eigenvalue weighted by atomic mass is 9.93. The quantitative estimate of drug-likeness (QED) is 0.127. The molecule has 33 heavy (non-hydrogen) atoms. The fourth-order valence-corrected chi connectivity index (χ4v) is 4.72. The average molecular weight is 459 g/mol. The Morgan fingerprint density at radius 2 is 1.06 bits per heavy atom. The maximum atomic E-state index is 13.1. The fraction of sp³-hybridized carbons (Fsp3) is 0.774. The zero-order valence-corrected chi connectivity index (χ0v) is 22.3. The molecule has 0 N–H and O–H groups in total. The first-order chi connectivity index (χ1) is 16.2. The van der Waals surface area contributed by atoms with Crippen molar-refractivity contribution < 1.29 is 9.53 Å². The lowest BCUT2D eigenvalue weighted by molar-refractivity contribution is -0.155. The molecular formula is C31H54O2. The van der Waals surface area contributed by atoms with Gasteiger partial charge in [0.25, 0.3) is 0 Å². The van der Waals surface area contributed by atoms with Crippen molar-refractivity contribution in [2.24, 2.45) is 5.92 Å². The van der Waals surface area contributed by atoms with Crippen LogP contribution < -0.4 is 0 Å². The second-order valence-corrected chi connectivity index (χ2v) is 9.97. The van der Waals surface area contributed by atoms with Crippen LogP contribution in [-0.2, 0) is 9.53 Å². The number of benzene rings is 1. The van der Waals surface area contributed by atoms with Crippen molar-refractivity contribution in [1.29, 1.82) is 0 Å². The van der Waals surface area contributed by atoms with Crippen LogP contribution in [0.1, 0.15) is 154 Å². The van der Waals surface area contributed by atoms with Gasteiger partial charge in [0.15, 0.2) is 0 Å². The van der Waals surface area contributed by atoms with Gasteiger partial charge in [-0.05, 0) is 24.8 Å². The summed E-state index contributed by atoms with van der Waals surface area (Å²) < 4.78 is 6.05. The Morgan fingerprint density at radius 3 is 1.48 bits per heavy atom. The Bertz CT molecular complexity index is 533. The molecule has 0 aliphatic heterocycles. The zero-order valence-electron chi connectivity index (χ0n) is 22.3. The molecule has 0 fully saturated rings. The molecule has 2 heteroatoms. The van der Waals surface area contributed by atoms with Crippen LogP contribution in [0.25, 0.3) is 0 Å². The van der Waals surface area contributed by atoms with Gasteiger partial charge >= 0.3 is 5.97 Å². The molecule has 1 atom stereocenters. The van der Waals surface area contributed by atoms with Gasteiger partial charge < -0.3 is 4.74 Å². The van der Waals surface area contributed by atoms with E-state index in [1.807, 2.05) is 18.2 Å². The molecule has 190 valence electrons. The van der Waals surface area contributed by atoms with Crippen molar-refractivity contribution in [1.82, 2.24) is 0 Å². The van der Waals surface area contributed by atoms with Crippen molar-refractivity contribution in [2.75, 3.05) is 0 Å². The fourth-order valence-electron chi connectivity index (χ4n) is 4.72. The summed E-state index contributed by atoms with van der Waals surface area (Å²) in [4.78, 5) is 13.1. The minimum Gasteiger partial charge on any atom is -0.457 e. The van der Waals surface area contributed by atoms with Crippen LogP contribution in [0, 0.1) is 5.92 Å². The molecule has 0 saturated carbocycles. The van der Waals surface area contributed by atoms with E-state index in [2.05, 4.69) is 32.9 Å². The summed E-state index contributed by atoms with van der Waals surface area (Å²) in [5, 5.41) is 0. The number of hydrogen-bond acceptors (Lipinski definition) is 2. The predicted molar refractivity (Wildman–Crippen MR) is 144 cm³/mol. The molecule has 0 bridgehead atoms. The Hall–Kier alpha value is -1.31. The molecule has 1 aromatic carbocycles. The first-order valence-electron chi connectivity index (χ1n) is 14.5. The van der Waals surface area contributed by atoms with Gasteiger partial charge in [-0.2, -0.15) is 0 Å². The van der Waals surface area contributed by atoms with Gasteiger partial charge in [-0.3, -0.25) is 4.79 Å². The molecule has 2 nitrogen and oxygen atoms in total. The van der Waals surface area contributed by atoms with Crippen LogP contribution in [0.4, 0.5) is 0 Å². The monoisotopic (exact) mass is 458 g/mol. The van der Waals surface area contributed by atoms with E-state index in [0.29, 0.717) is 0 Å². The van der Waals surface area contributed by atoms with Crippen LogP contribution in [0.15, 0.2) is 30.3 Å². The lowest BCUT2D eigenvalue weighted by Crippen LogP contribution is -2.20. The summed E-state index contributed by atoms with van der Waals surface area (Å²) >= 11 is 0. The largest absolute Gasteiger partial charge is 0.457 e. The normalized spacial score (nSPS) is 12.2. The smallest absolute Gasteiger partial charge is 0.309 e. The molecule has 0 aliphatic carbocycles. The topological polar surface area (TPSA) is 26.3 Å². The molecule has 1 aromatic rings. The van der Waals surface area contributed by atoms with Gasteiger partial charge in [-0.25, -0.2) is 0 Å². The van der Waals surface area contributed by atoms with E-state index in [0.717, 1.165) is 37.7 Å². The van der Waals surface area contributed by atoms with Crippen molar-refractivity contribution >= 4 is 5.97 Å². The number of ether oxygens (including phenoxy) is 1. The van der Waals surface area contributed by atoms with Crippen molar-refractivity contribution in [3.8, 4) is 0 Å². The Balaban J connectivity index is 2.43. The van der Waals surface area contributed by atoms with Crippen LogP contribution in [-0.4, -0.2) is 5.97 Å². The standard InChI is InChI=1S/C31H54O2/c1-4-7-9-11-13-15-17-20-26-29(27-21-18-16-14-12-10-8-5-2)31(32)33-30(6-3)28-24-22-19-23-25-28/h19,22-25,29-30H,4-18,20-21,26-27H2,1-3H3. The van der Waals surface area contributed by atoms with Crippen molar-refractivity contribution in [2.45, 2.75) is 149 Å². The van der Waals surface area contributed by atoms with Gasteiger partial charge in [-0.1, -0.05) is 154 Å². The summed E-state index contributed by atoms with van der Waals surface area (Å²) in [7, 11) is 0. The van der Waals surface area contributed by atoms with E-state index >= 15 is 0 Å². The number of rotatable bonds is 22. The summed E-state index contributed by atoms with van der Waals surface area (Å²) in [5.41, 5.74) is 1.12. The summed E-state index contributed by atoms with van der Waals surface area (Å²) in [6.07, 6.45) is 23.7. The molecule has 1 unspecified atom stereocenters. The molecule has 1 rings (SSSR count). The van der Waals surface area contributed by atoms with Gasteiger partial charge in [0.05, 0.1) is 5.92 Å². The molecule has 0 amide bonds. The lowest BCUT2D eigenvalue weighted by Gasteiger charge is -2.21. The minimum absolute atomic E-state index is 0.0385. The van der Waals surface area contributed by atoms with E-state index in [4.69, 9.17) is 4.74 Å². The highest BCUT2D eigenvalue weighted by molar-refractivity contribution is 5.72. The van der Waals surface area contributed by atoms with Crippen LogP contribution >= 0.6 is 0 Å². The second-order valence-electron chi connectivity index (χ2n) is 9.97. The maximum absolute atomic E-state index is 13.1. The number of esters is 1. The molecule has 0 aliphatic rings. The summed E-state index contributed by atoms with van der Waals surface area (Å²) in [6.45, 7) is 6.65. The highest BCUT2D eigenvalue weighted by Gasteiger charge is 2.23. The van der Waals surface area contributed by atoms with E-state index in [-0.39, 0.29) is 18.0 Å². The summed E-state index contributed by atoms with van der Waals surface area (Å²) in [5.74, 6) is 0.111. The molecule has 0 radical (unpaired) electrons. The molecular weight excluding hydrogens is 404 g/mol. The van der Waals surface area contributed by atoms with Crippen LogP contribution in [0.3, 0.4) is 0 Å². The molecule has 0 aromatic heterocycles. The number of hydrogen-bond donors (Lipinski definition) is 0. The number of unbranched alkanes of at least 4 members (excludes halogenated alkanes) is 14. The predicted octanol–water partition coefficient (Wildman–Crippen LogP) is 10.4. The Kier molecular flexibility index (Phi) is 19.1. The van der Waals surface area contributed by atoms with Crippen molar-refractivity contribution in [3.05, 3.63) is 35.9 Å². The second kappa shape index (κ2) is 21.2. The highest BCUT2D eigenvalue weighted by atomic mass is 16.5. The van der Waals surface area contributed by atoms with E-state index in [9.17, 15) is 4.79 Å². The van der Waals surface area contributed by atoms with Gasteiger partial charge in [0.2, 0.25) is 0 Å². The van der Waals surface area contributed by atoms with Crippen LogP contribution in [0.5, 0.6) is 0 Å². The third kappa shape index (κ3) is 15.3. The minimum atomic E-state index is -0.113. The van der Waals surface area contributed by atoms with E-state index in [1.165, 1.54) is 89.9 Å². The van der Waals surface area contributed by atoms with Gasteiger partial charge in [0, 0.05) is 0 Å². The zero-order chi connectivity index (χ0) is 24.0. The highest BCUT2D eigenvalue weighted by Crippen LogP contribution is 2.26. The number of carbonyl (C=O) groups is 1. The SMILES string of the molecule is CCCCCCCCCCC(CCCCCCCCCC)C(=O)OC(CC)c1ccccc1. The summed E-state index contributed by atoms with van der Waals surface area (Å²) in [6, 6.07) is 10.2. The molecule has 0 heterocycles. The van der Waals surface area contributed by atoms with Crippen molar-refractivity contribution in [3.63, 3.8) is 0 Å². The van der Waals surface area contributed by atoms with E-state index < -0.39 is 0 Å². The molecule has 0 saturated heterocycles. The first-order valence-corrected chi connectivity index (χ1v) is 14.5. The molecule has 0 spiro atoms. The first kappa shape index (κ1) is 29.7. The van der Waals surface area contributed by atoms with Gasteiger partial charge in [-0.15, -0.1) is 0 Å². The van der Waals surface area contributed by atoms with E-state index in [1.54, 1.807) is 0 Å². The van der Waals surface area contributed by atoms with Gasteiger partial charge in [0.1, 0.15) is 6.10 Å². The Morgan fingerprint density at radius 1 is 0.636 bits per heavy atom. The Labute approximate surface area is 206 Å². The third-order valence-electron chi connectivity index (χ3n) is 6.95. The average Bonchev–Trinajstić information content (AvgIpc) is 2.84. The number of carbonyl (C=O) groups excluding carboxylic acids is 1. The third-order valence-corrected chi connectivity index (χ3v) is 6.95. The maximum Gasteiger partial charge on any atom is 0.309 e.